The van der Waals surface area contributed by atoms with Crippen molar-refractivity contribution in [3.05, 3.63) is 52.5 Å². The smallest absolute Gasteiger partial charge is 0.258 e. The summed E-state index contributed by atoms with van der Waals surface area (Å²) in [6.45, 7) is 0.366. The number of aryl methyl sites for hydroxylation is 1. The molecule has 0 aliphatic heterocycles. The second-order valence-corrected chi connectivity index (χ2v) is 7.30. The van der Waals surface area contributed by atoms with Crippen molar-refractivity contribution < 1.29 is 0 Å². The van der Waals surface area contributed by atoms with E-state index in [0.717, 1.165) is 35.5 Å². The maximum absolute atomic E-state index is 12.3. The first-order chi connectivity index (χ1) is 13.7. The van der Waals surface area contributed by atoms with Gasteiger partial charge in [-0.3, -0.25) is 9.48 Å². The molecular formula is C20H21N7O. The maximum Gasteiger partial charge on any atom is 0.258 e. The normalized spacial score (nSPS) is 14.9. The lowest BCUT2D eigenvalue weighted by Crippen LogP contribution is -2.15. The molecular weight excluding hydrogens is 354 g/mol. The molecule has 142 valence electrons. The minimum atomic E-state index is -0.136. The summed E-state index contributed by atoms with van der Waals surface area (Å²) in [4.78, 5) is 29.3. The number of benzene rings is 1. The first-order valence-electron chi connectivity index (χ1n) is 9.60. The molecule has 1 aromatic carbocycles. The number of para-hydroxylation sites is 1. The number of nitrogens with one attached hydrogen (secondary N) is 2. The van der Waals surface area contributed by atoms with Gasteiger partial charge in [0, 0.05) is 13.0 Å². The zero-order valence-electron chi connectivity index (χ0n) is 15.6. The molecule has 8 heteroatoms. The van der Waals surface area contributed by atoms with Crippen LogP contribution >= 0.6 is 0 Å². The van der Waals surface area contributed by atoms with Gasteiger partial charge in [0.15, 0.2) is 5.65 Å². The van der Waals surface area contributed by atoms with E-state index in [1.54, 1.807) is 16.9 Å². The number of rotatable bonds is 4. The van der Waals surface area contributed by atoms with E-state index < -0.39 is 0 Å². The van der Waals surface area contributed by atoms with Crippen LogP contribution in [-0.4, -0.2) is 29.7 Å². The van der Waals surface area contributed by atoms with Gasteiger partial charge in [-0.05, 0) is 25.0 Å². The van der Waals surface area contributed by atoms with Crippen molar-refractivity contribution in [1.29, 1.82) is 0 Å². The highest BCUT2D eigenvalue weighted by Gasteiger charge is 2.22. The molecule has 1 aliphatic rings. The Hall–Kier alpha value is -3.29. The number of aromatic nitrogens is 6. The van der Waals surface area contributed by atoms with Crippen molar-refractivity contribution in [2.24, 2.45) is 7.05 Å². The molecule has 3 aromatic heterocycles. The summed E-state index contributed by atoms with van der Waals surface area (Å²) < 4.78 is 1.77. The number of anilines is 1. The lowest BCUT2D eigenvalue weighted by Gasteiger charge is -2.12. The fourth-order valence-electron chi connectivity index (χ4n) is 3.93. The van der Waals surface area contributed by atoms with Crippen molar-refractivity contribution in [3.8, 4) is 0 Å². The molecule has 0 saturated heterocycles. The van der Waals surface area contributed by atoms with Gasteiger partial charge in [0.05, 0.1) is 29.0 Å². The molecule has 1 fully saturated rings. The van der Waals surface area contributed by atoms with E-state index in [9.17, 15) is 4.79 Å². The van der Waals surface area contributed by atoms with E-state index >= 15 is 0 Å². The Morgan fingerprint density at radius 2 is 1.96 bits per heavy atom. The van der Waals surface area contributed by atoms with Crippen LogP contribution in [0.1, 0.15) is 43.3 Å². The van der Waals surface area contributed by atoms with Crippen molar-refractivity contribution in [2.75, 3.05) is 5.32 Å². The lowest BCUT2D eigenvalue weighted by molar-refractivity contribution is 0.667. The summed E-state index contributed by atoms with van der Waals surface area (Å²) in [6, 6.07) is 7.33. The van der Waals surface area contributed by atoms with Crippen molar-refractivity contribution in [3.63, 3.8) is 0 Å². The van der Waals surface area contributed by atoms with Gasteiger partial charge in [-0.15, -0.1) is 0 Å². The third kappa shape index (κ3) is 2.90. The zero-order valence-corrected chi connectivity index (χ0v) is 15.6. The van der Waals surface area contributed by atoms with Crippen molar-refractivity contribution in [1.82, 2.24) is 29.7 Å². The van der Waals surface area contributed by atoms with Gasteiger partial charge in [-0.1, -0.05) is 25.0 Å². The molecule has 2 N–H and O–H groups in total. The molecule has 0 unspecified atom stereocenters. The number of nitrogens with zero attached hydrogens (tertiary/aromatic N) is 5. The molecule has 0 atom stereocenters. The summed E-state index contributed by atoms with van der Waals surface area (Å²) in [6.07, 6.45) is 6.47. The van der Waals surface area contributed by atoms with Gasteiger partial charge >= 0.3 is 0 Å². The second-order valence-electron chi connectivity index (χ2n) is 7.30. The molecule has 28 heavy (non-hydrogen) atoms. The number of hydrogen-bond acceptors (Lipinski definition) is 6. The van der Waals surface area contributed by atoms with Crippen LogP contribution in [0.15, 0.2) is 35.3 Å². The molecule has 0 radical (unpaired) electrons. The highest BCUT2D eigenvalue weighted by Crippen LogP contribution is 2.34. The molecule has 4 aromatic rings. The SMILES string of the molecule is Cn1ncc2c(NCc3nc4ccccc4c(=O)[nH]3)nc(C3CCCC3)nc21. The number of H-pyrrole nitrogens is 1. The van der Waals surface area contributed by atoms with Crippen LogP contribution in [0.2, 0.25) is 0 Å². The first-order valence-corrected chi connectivity index (χ1v) is 9.60. The molecule has 0 amide bonds. The Morgan fingerprint density at radius 3 is 2.82 bits per heavy atom. The van der Waals surface area contributed by atoms with Gasteiger partial charge in [0.1, 0.15) is 17.5 Å². The Kier molecular flexibility index (Phi) is 4.03. The molecule has 1 saturated carbocycles. The van der Waals surface area contributed by atoms with Crippen molar-refractivity contribution in [2.45, 2.75) is 38.1 Å². The maximum atomic E-state index is 12.3. The standard InChI is InChI=1S/C20H21N7O/c1-27-19-14(10-22-27)18(25-17(26-19)12-6-2-3-7-12)21-11-16-23-15-9-5-4-8-13(15)20(28)24-16/h4-5,8-10,12H,2-3,6-7,11H2,1H3,(H,21,25,26)(H,23,24,28). The van der Waals surface area contributed by atoms with E-state index in [1.165, 1.54) is 12.8 Å². The summed E-state index contributed by atoms with van der Waals surface area (Å²) in [5, 5.41) is 9.13. The molecule has 3 heterocycles. The van der Waals surface area contributed by atoms with Crippen LogP contribution in [0, 0.1) is 0 Å². The van der Waals surface area contributed by atoms with Crippen LogP contribution in [0.4, 0.5) is 5.82 Å². The summed E-state index contributed by atoms with van der Waals surface area (Å²) in [7, 11) is 1.89. The second kappa shape index (κ2) is 6.70. The fourth-order valence-corrected chi connectivity index (χ4v) is 3.93. The van der Waals surface area contributed by atoms with Gasteiger partial charge in [0.2, 0.25) is 0 Å². The Morgan fingerprint density at radius 1 is 1.14 bits per heavy atom. The topological polar surface area (TPSA) is 101 Å². The van der Waals surface area contributed by atoms with Crippen LogP contribution in [-0.2, 0) is 13.6 Å². The number of hydrogen-bond donors (Lipinski definition) is 2. The third-order valence-electron chi connectivity index (χ3n) is 5.41. The Labute approximate surface area is 161 Å². The average molecular weight is 375 g/mol. The monoisotopic (exact) mass is 375 g/mol. The number of aromatic amines is 1. The molecule has 8 nitrogen and oxygen atoms in total. The molecule has 5 rings (SSSR count). The van der Waals surface area contributed by atoms with Gasteiger partial charge in [-0.2, -0.15) is 5.10 Å². The van der Waals surface area contributed by atoms with Gasteiger partial charge in [0.25, 0.3) is 5.56 Å². The van der Waals surface area contributed by atoms with E-state index in [-0.39, 0.29) is 5.56 Å². The highest BCUT2D eigenvalue weighted by atomic mass is 16.1. The van der Waals surface area contributed by atoms with Gasteiger partial charge < -0.3 is 10.3 Å². The minimum Gasteiger partial charge on any atom is -0.362 e. The van der Waals surface area contributed by atoms with Crippen molar-refractivity contribution >= 4 is 27.8 Å². The van der Waals surface area contributed by atoms with E-state index in [4.69, 9.17) is 9.97 Å². The summed E-state index contributed by atoms with van der Waals surface area (Å²) >= 11 is 0. The highest BCUT2D eigenvalue weighted by molar-refractivity contribution is 5.86. The van der Waals surface area contributed by atoms with E-state index in [1.807, 2.05) is 25.2 Å². The quantitative estimate of drug-likeness (QED) is 0.569. The summed E-state index contributed by atoms with van der Waals surface area (Å²) in [5.74, 6) is 2.58. The van der Waals surface area contributed by atoms with Crippen LogP contribution in [0.3, 0.4) is 0 Å². The zero-order chi connectivity index (χ0) is 19.1. The Balaban J connectivity index is 1.50. The third-order valence-corrected chi connectivity index (χ3v) is 5.41. The van der Waals surface area contributed by atoms with Crippen LogP contribution in [0.5, 0.6) is 0 Å². The van der Waals surface area contributed by atoms with E-state index in [2.05, 4.69) is 20.4 Å². The van der Waals surface area contributed by atoms with Crippen LogP contribution < -0.4 is 10.9 Å². The first kappa shape index (κ1) is 16.9. The molecule has 0 spiro atoms. The molecule has 1 aliphatic carbocycles. The van der Waals surface area contributed by atoms with Crippen LogP contribution in [0.25, 0.3) is 21.9 Å². The summed E-state index contributed by atoms with van der Waals surface area (Å²) in [5.41, 5.74) is 1.37. The largest absolute Gasteiger partial charge is 0.362 e. The number of fused-ring (bicyclic) bond motifs is 2. The average Bonchev–Trinajstić information content (AvgIpc) is 3.37. The fraction of sp³-hybridized carbons (Fsp3) is 0.350. The predicted octanol–water partition coefficient (Wildman–Crippen LogP) is 2.87. The van der Waals surface area contributed by atoms with E-state index in [0.29, 0.717) is 29.2 Å². The molecule has 0 bridgehead atoms. The predicted molar refractivity (Wildman–Crippen MR) is 107 cm³/mol. The minimum absolute atomic E-state index is 0.136. The Bertz CT molecular complexity index is 1220. The lowest BCUT2D eigenvalue weighted by atomic mass is 10.1. The van der Waals surface area contributed by atoms with Gasteiger partial charge in [-0.25, -0.2) is 15.0 Å².